The monoisotopic (exact) mass is 224 g/mol. The first-order chi connectivity index (χ1) is 7.23. The molecule has 0 aliphatic rings. The predicted molar refractivity (Wildman–Crippen MR) is 66.3 cm³/mol. The average molecular weight is 224 g/mol. The van der Waals surface area contributed by atoms with Gasteiger partial charge in [0.2, 0.25) is 0 Å². The van der Waals surface area contributed by atoms with Crippen LogP contribution in [0.4, 0.5) is 0 Å². The molecule has 1 aromatic rings. The lowest BCUT2D eigenvalue weighted by Crippen LogP contribution is -2.37. The van der Waals surface area contributed by atoms with Crippen LogP contribution in [0, 0.1) is 12.3 Å². The number of nitrogens with two attached hydrogens (primary N) is 1. The van der Waals surface area contributed by atoms with E-state index in [4.69, 9.17) is 5.73 Å². The summed E-state index contributed by atoms with van der Waals surface area (Å²) in [6.07, 6.45) is 0.780. The zero-order chi connectivity index (χ0) is 12.5. The topological polar surface area (TPSA) is 56.7 Å². The summed E-state index contributed by atoms with van der Waals surface area (Å²) in [7, 11) is 0. The highest BCUT2D eigenvalue weighted by atomic mass is 15.3. The van der Waals surface area contributed by atoms with E-state index >= 15 is 0 Å². The van der Waals surface area contributed by atoms with Gasteiger partial charge in [0.05, 0.1) is 0 Å². The van der Waals surface area contributed by atoms with Gasteiger partial charge in [-0.05, 0) is 26.2 Å². The SMILES string of the molecule is Cc1nnc(CC(N)C(C)(C)C)n1C(C)C. The molecule has 2 N–H and O–H groups in total. The molecule has 0 saturated heterocycles. The molecule has 0 radical (unpaired) electrons. The van der Waals surface area contributed by atoms with E-state index in [9.17, 15) is 0 Å². The summed E-state index contributed by atoms with van der Waals surface area (Å²) in [4.78, 5) is 0. The minimum atomic E-state index is 0.0989. The number of hydrogen-bond donors (Lipinski definition) is 1. The maximum Gasteiger partial charge on any atom is 0.134 e. The van der Waals surface area contributed by atoms with Gasteiger partial charge in [-0.1, -0.05) is 20.8 Å². The summed E-state index contributed by atoms with van der Waals surface area (Å²) >= 11 is 0. The third-order valence-electron chi connectivity index (χ3n) is 2.97. The van der Waals surface area contributed by atoms with Crippen LogP contribution < -0.4 is 5.73 Å². The Kier molecular flexibility index (Phi) is 3.73. The van der Waals surface area contributed by atoms with Crippen LogP contribution in [0.5, 0.6) is 0 Å². The zero-order valence-electron chi connectivity index (χ0n) is 11.3. The molecule has 1 rings (SSSR count). The summed E-state index contributed by atoms with van der Waals surface area (Å²) in [6, 6.07) is 0.491. The molecule has 1 heterocycles. The molecular formula is C12H24N4. The van der Waals surface area contributed by atoms with Crippen molar-refractivity contribution in [2.24, 2.45) is 11.1 Å². The fourth-order valence-corrected chi connectivity index (χ4v) is 1.73. The molecular weight excluding hydrogens is 200 g/mol. The van der Waals surface area contributed by atoms with Gasteiger partial charge >= 0.3 is 0 Å². The van der Waals surface area contributed by atoms with Crippen molar-refractivity contribution >= 4 is 0 Å². The Bertz CT molecular complexity index is 346. The van der Waals surface area contributed by atoms with Crippen molar-refractivity contribution < 1.29 is 0 Å². The van der Waals surface area contributed by atoms with E-state index < -0.39 is 0 Å². The normalized spacial score (nSPS) is 14.5. The molecule has 1 unspecified atom stereocenters. The lowest BCUT2D eigenvalue weighted by Gasteiger charge is -2.27. The molecule has 16 heavy (non-hydrogen) atoms. The van der Waals surface area contributed by atoms with Gasteiger partial charge in [-0.25, -0.2) is 0 Å². The second-order valence-electron chi connectivity index (χ2n) is 5.80. The van der Waals surface area contributed by atoms with Gasteiger partial charge in [-0.3, -0.25) is 0 Å². The van der Waals surface area contributed by atoms with Crippen molar-refractivity contribution in [3.8, 4) is 0 Å². The Morgan fingerprint density at radius 3 is 2.25 bits per heavy atom. The second kappa shape index (κ2) is 4.53. The van der Waals surface area contributed by atoms with E-state index in [1.807, 2.05) is 6.92 Å². The lowest BCUT2D eigenvalue weighted by atomic mass is 9.85. The summed E-state index contributed by atoms with van der Waals surface area (Å²) < 4.78 is 2.16. The van der Waals surface area contributed by atoms with Gasteiger partial charge in [0, 0.05) is 18.5 Å². The molecule has 0 amide bonds. The summed E-state index contributed by atoms with van der Waals surface area (Å²) in [6.45, 7) is 12.7. The van der Waals surface area contributed by atoms with E-state index in [-0.39, 0.29) is 11.5 Å². The molecule has 1 aromatic heterocycles. The number of aryl methyl sites for hydroxylation is 1. The van der Waals surface area contributed by atoms with Gasteiger partial charge in [-0.2, -0.15) is 0 Å². The van der Waals surface area contributed by atoms with E-state index in [0.29, 0.717) is 6.04 Å². The maximum atomic E-state index is 6.18. The van der Waals surface area contributed by atoms with Gasteiger partial charge in [0.25, 0.3) is 0 Å². The zero-order valence-corrected chi connectivity index (χ0v) is 11.3. The van der Waals surface area contributed by atoms with Crippen LogP contribution >= 0.6 is 0 Å². The Morgan fingerprint density at radius 1 is 1.25 bits per heavy atom. The molecule has 4 nitrogen and oxygen atoms in total. The van der Waals surface area contributed by atoms with Crippen molar-refractivity contribution in [3.63, 3.8) is 0 Å². The molecule has 4 heteroatoms. The predicted octanol–water partition coefficient (Wildman–Crippen LogP) is 2.08. The summed E-state index contributed by atoms with van der Waals surface area (Å²) in [5, 5.41) is 8.35. The third-order valence-corrected chi connectivity index (χ3v) is 2.97. The summed E-state index contributed by atoms with van der Waals surface area (Å²) in [5.41, 5.74) is 6.28. The first-order valence-corrected chi connectivity index (χ1v) is 5.89. The van der Waals surface area contributed by atoms with E-state index in [0.717, 1.165) is 18.1 Å². The highest BCUT2D eigenvalue weighted by Gasteiger charge is 2.23. The molecule has 92 valence electrons. The Labute approximate surface area is 98.2 Å². The average Bonchev–Trinajstić information content (AvgIpc) is 2.45. The van der Waals surface area contributed by atoms with Crippen LogP contribution in [0.1, 0.15) is 52.3 Å². The van der Waals surface area contributed by atoms with E-state index in [1.54, 1.807) is 0 Å². The number of nitrogens with zero attached hydrogens (tertiary/aromatic N) is 3. The van der Waals surface area contributed by atoms with Crippen molar-refractivity contribution in [3.05, 3.63) is 11.6 Å². The van der Waals surface area contributed by atoms with Crippen molar-refractivity contribution in [2.75, 3.05) is 0 Å². The Balaban J connectivity index is 2.90. The van der Waals surface area contributed by atoms with Crippen molar-refractivity contribution in [2.45, 2.75) is 60.0 Å². The quantitative estimate of drug-likeness (QED) is 0.855. The smallest absolute Gasteiger partial charge is 0.134 e. The number of rotatable bonds is 3. The van der Waals surface area contributed by atoms with Gasteiger partial charge in [0.15, 0.2) is 0 Å². The molecule has 1 atom stereocenters. The molecule has 0 saturated carbocycles. The maximum absolute atomic E-state index is 6.18. The third kappa shape index (κ3) is 2.82. The highest BCUT2D eigenvalue weighted by Crippen LogP contribution is 2.21. The molecule has 0 spiro atoms. The minimum Gasteiger partial charge on any atom is -0.327 e. The van der Waals surface area contributed by atoms with Gasteiger partial charge in [-0.15, -0.1) is 10.2 Å². The van der Waals surface area contributed by atoms with Crippen LogP contribution in [0.25, 0.3) is 0 Å². The number of aromatic nitrogens is 3. The first kappa shape index (κ1) is 13.2. The second-order valence-corrected chi connectivity index (χ2v) is 5.80. The van der Waals surface area contributed by atoms with Crippen molar-refractivity contribution in [1.29, 1.82) is 0 Å². The Hall–Kier alpha value is -0.900. The van der Waals surface area contributed by atoms with Gasteiger partial charge in [0.1, 0.15) is 11.6 Å². The lowest BCUT2D eigenvalue weighted by molar-refractivity contribution is 0.311. The van der Waals surface area contributed by atoms with Crippen LogP contribution in [-0.2, 0) is 6.42 Å². The van der Waals surface area contributed by atoms with Gasteiger partial charge < -0.3 is 10.3 Å². The fourth-order valence-electron chi connectivity index (χ4n) is 1.73. The Morgan fingerprint density at radius 2 is 1.81 bits per heavy atom. The van der Waals surface area contributed by atoms with E-state index in [2.05, 4.69) is 49.4 Å². The van der Waals surface area contributed by atoms with Crippen LogP contribution in [-0.4, -0.2) is 20.8 Å². The van der Waals surface area contributed by atoms with Crippen LogP contribution in [0.15, 0.2) is 0 Å². The fraction of sp³-hybridized carbons (Fsp3) is 0.833. The summed E-state index contributed by atoms with van der Waals surface area (Å²) in [5.74, 6) is 1.96. The number of hydrogen-bond acceptors (Lipinski definition) is 3. The minimum absolute atomic E-state index is 0.0989. The van der Waals surface area contributed by atoms with Crippen LogP contribution in [0.2, 0.25) is 0 Å². The highest BCUT2D eigenvalue weighted by molar-refractivity contribution is 4.99. The molecule has 0 fully saturated rings. The molecule has 0 bridgehead atoms. The molecule has 0 aliphatic heterocycles. The standard InChI is InChI=1S/C12H24N4/c1-8(2)16-9(3)14-15-11(16)7-10(13)12(4,5)6/h8,10H,7,13H2,1-6H3. The van der Waals surface area contributed by atoms with Crippen LogP contribution in [0.3, 0.4) is 0 Å². The molecule has 0 aliphatic carbocycles. The molecule has 0 aromatic carbocycles. The largest absolute Gasteiger partial charge is 0.327 e. The van der Waals surface area contributed by atoms with Crippen molar-refractivity contribution in [1.82, 2.24) is 14.8 Å². The van der Waals surface area contributed by atoms with E-state index in [1.165, 1.54) is 0 Å². The first-order valence-electron chi connectivity index (χ1n) is 5.89.